The van der Waals surface area contributed by atoms with E-state index in [1.807, 2.05) is 0 Å². The van der Waals surface area contributed by atoms with Crippen molar-refractivity contribution in [3.05, 3.63) is 64.2 Å². The van der Waals surface area contributed by atoms with Gasteiger partial charge in [-0.15, -0.1) is 10.2 Å². The second kappa shape index (κ2) is 11.7. The van der Waals surface area contributed by atoms with Crippen LogP contribution in [0.25, 0.3) is 10.6 Å². The zero-order chi connectivity index (χ0) is 28.3. The van der Waals surface area contributed by atoms with Gasteiger partial charge in [-0.25, -0.2) is 0 Å². The fourth-order valence-electron chi connectivity index (χ4n) is 3.37. The Morgan fingerprint density at radius 1 is 1.00 bits per heavy atom. The summed E-state index contributed by atoms with van der Waals surface area (Å²) in [5.74, 6) is -1.62. The molecule has 1 heterocycles. The van der Waals surface area contributed by atoms with E-state index in [0.717, 1.165) is 21.8 Å². The summed E-state index contributed by atoms with van der Waals surface area (Å²) in [5, 5.41) is 11.6. The van der Waals surface area contributed by atoms with Crippen molar-refractivity contribution in [2.24, 2.45) is 0 Å². The maximum atomic E-state index is 13.3. The lowest BCUT2D eigenvalue weighted by atomic mass is 10.0. The number of rotatable bonds is 8. The number of nitrogens with one attached hydrogen (secondary N) is 1. The zero-order valence-electron chi connectivity index (χ0n) is 20.0. The number of carbonyl (C=O) groups is 2. The summed E-state index contributed by atoms with van der Waals surface area (Å²) in [6.07, 6.45) is -10.1. The van der Waals surface area contributed by atoms with Gasteiger partial charge in [-0.05, 0) is 43.7 Å². The molecule has 2 amide bonds. The van der Waals surface area contributed by atoms with Gasteiger partial charge in [0.1, 0.15) is 5.01 Å². The maximum Gasteiger partial charge on any atom is 0.416 e. The number of anilines is 1. The summed E-state index contributed by atoms with van der Waals surface area (Å²) in [6.45, 7) is 3.02. The molecule has 0 bridgehead atoms. The number of carbonyl (C=O) groups excluding carboxylic acids is 2. The second-order valence-corrected chi connectivity index (χ2v) is 9.68. The fraction of sp³-hybridized carbons (Fsp3) is 0.333. The molecule has 204 valence electrons. The lowest BCUT2D eigenvalue weighted by Gasteiger charge is -2.29. The minimum absolute atomic E-state index is 0.0435. The molecule has 14 heteroatoms. The lowest BCUT2D eigenvalue weighted by molar-refractivity contribution is -0.143. The highest BCUT2D eigenvalue weighted by molar-refractivity contribution is 7.18. The Kier molecular flexibility index (Phi) is 9.03. The monoisotopic (exact) mass is 578 g/mol. The van der Waals surface area contributed by atoms with Crippen molar-refractivity contribution in [1.29, 1.82) is 0 Å². The summed E-state index contributed by atoms with van der Waals surface area (Å²) in [7, 11) is 0. The third kappa shape index (κ3) is 7.44. The number of halogens is 7. The first-order chi connectivity index (χ1) is 17.7. The highest BCUT2D eigenvalue weighted by Gasteiger charge is 2.38. The molecule has 0 saturated heterocycles. The normalized spacial score (nSPS) is 12.8. The topological polar surface area (TPSA) is 75.2 Å². The van der Waals surface area contributed by atoms with Crippen molar-refractivity contribution >= 4 is 39.9 Å². The van der Waals surface area contributed by atoms with Gasteiger partial charge in [-0.1, -0.05) is 42.0 Å². The van der Waals surface area contributed by atoms with E-state index in [1.54, 1.807) is 38.1 Å². The van der Waals surface area contributed by atoms with Crippen LogP contribution in [-0.2, 0) is 17.1 Å². The third-order valence-corrected chi connectivity index (χ3v) is 6.70. The Morgan fingerprint density at radius 3 is 2.11 bits per heavy atom. The molecule has 0 aliphatic rings. The van der Waals surface area contributed by atoms with Crippen molar-refractivity contribution in [3.63, 3.8) is 0 Å². The van der Waals surface area contributed by atoms with Crippen LogP contribution < -0.4 is 5.32 Å². The first-order valence-corrected chi connectivity index (χ1v) is 12.4. The van der Waals surface area contributed by atoms with Crippen LogP contribution in [-0.4, -0.2) is 39.5 Å². The Bertz CT molecular complexity index is 1260. The zero-order valence-corrected chi connectivity index (χ0v) is 21.5. The first-order valence-electron chi connectivity index (χ1n) is 11.2. The van der Waals surface area contributed by atoms with Gasteiger partial charge in [0.2, 0.25) is 11.0 Å². The number of aromatic nitrogens is 2. The molecular weight excluding hydrogens is 558 g/mol. The molecule has 0 saturated carbocycles. The Balaban J connectivity index is 1.76. The summed E-state index contributed by atoms with van der Waals surface area (Å²) >= 11 is 6.95. The number of nitrogens with zero attached hydrogens (tertiary/aromatic N) is 3. The molecule has 0 aliphatic carbocycles. The molecular formula is C24H21ClF6N4O2S. The van der Waals surface area contributed by atoms with Crippen LogP contribution in [0.15, 0.2) is 42.5 Å². The van der Waals surface area contributed by atoms with E-state index in [9.17, 15) is 35.9 Å². The van der Waals surface area contributed by atoms with Gasteiger partial charge in [0, 0.05) is 35.2 Å². The van der Waals surface area contributed by atoms with E-state index < -0.39 is 46.9 Å². The first kappa shape index (κ1) is 29.4. The van der Waals surface area contributed by atoms with Gasteiger partial charge < -0.3 is 10.2 Å². The predicted molar refractivity (Wildman–Crippen MR) is 131 cm³/mol. The summed E-state index contributed by atoms with van der Waals surface area (Å²) in [5.41, 5.74) is -3.24. The minimum Gasteiger partial charge on any atom is -0.335 e. The smallest absolute Gasteiger partial charge is 0.335 e. The number of hydrogen-bond donors (Lipinski definition) is 1. The molecule has 0 radical (unpaired) electrons. The van der Waals surface area contributed by atoms with Crippen molar-refractivity contribution in [2.45, 2.75) is 45.1 Å². The molecule has 0 aliphatic heterocycles. The second-order valence-electron chi connectivity index (χ2n) is 8.27. The highest BCUT2D eigenvalue weighted by Crippen LogP contribution is 2.36. The summed E-state index contributed by atoms with van der Waals surface area (Å²) in [6, 6.07) is 6.93. The molecule has 6 nitrogen and oxygen atoms in total. The molecule has 0 fully saturated rings. The van der Waals surface area contributed by atoms with Crippen LogP contribution in [0.5, 0.6) is 0 Å². The van der Waals surface area contributed by atoms with Crippen molar-refractivity contribution in [1.82, 2.24) is 15.1 Å². The van der Waals surface area contributed by atoms with Gasteiger partial charge in [-0.2, -0.15) is 26.3 Å². The molecule has 3 rings (SSSR count). The average molecular weight is 579 g/mol. The SMILES string of the molecule is CCC(C)N(CCC(=O)Nc1nnc(-c2ccc(Cl)cc2)s1)C(=O)c1cc(C(F)(F)F)cc(C(F)(F)F)c1. The fourth-order valence-corrected chi connectivity index (χ4v) is 4.26. The minimum atomic E-state index is -5.09. The molecule has 2 aromatic carbocycles. The highest BCUT2D eigenvalue weighted by atomic mass is 35.5. The molecule has 1 aromatic heterocycles. The van der Waals surface area contributed by atoms with Gasteiger partial charge in [0.05, 0.1) is 11.1 Å². The van der Waals surface area contributed by atoms with Gasteiger partial charge in [0.25, 0.3) is 5.91 Å². The van der Waals surface area contributed by atoms with E-state index in [0.29, 0.717) is 28.6 Å². The average Bonchev–Trinajstić information content (AvgIpc) is 3.31. The molecule has 1 N–H and O–H groups in total. The van der Waals surface area contributed by atoms with E-state index in [2.05, 4.69) is 15.5 Å². The lowest BCUT2D eigenvalue weighted by Crippen LogP contribution is -2.40. The largest absolute Gasteiger partial charge is 0.416 e. The van der Waals surface area contributed by atoms with Crippen molar-refractivity contribution in [2.75, 3.05) is 11.9 Å². The Morgan fingerprint density at radius 2 is 1.58 bits per heavy atom. The van der Waals surface area contributed by atoms with Crippen LogP contribution in [0.4, 0.5) is 31.5 Å². The Hall–Kier alpha value is -3.19. The number of benzene rings is 2. The third-order valence-electron chi connectivity index (χ3n) is 5.56. The summed E-state index contributed by atoms with van der Waals surface area (Å²) < 4.78 is 79.5. The molecule has 0 spiro atoms. The number of hydrogen-bond acceptors (Lipinski definition) is 5. The standard InChI is InChI=1S/C24H21ClF6N4O2S/c1-3-13(2)35(21(37)15-10-16(23(26,27)28)12-17(11-15)24(29,30)31)9-8-19(36)32-22-34-33-20(38-22)14-4-6-18(25)7-5-14/h4-7,10-13H,3,8-9H2,1-2H3,(H,32,34,36). The molecule has 3 aromatic rings. The number of alkyl halides is 6. The van der Waals surface area contributed by atoms with Gasteiger partial charge >= 0.3 is 12.4 Å². The van der Waals surface area contributed by atoms with Crippen LogP contribution in [0.2, 0.25) is 5.02 Å². The quantitative estimate of drug-likeness (QED) is 0.288. The van der Waals surface area contributed by atoms with E-state index in [4.69, 9.17) is 11.6 Å². The Labute approximate surface area is 222 Å². The molecule has 38 heavy (non-hydrogen) atoms. The van der Waals surface area contributed by atoms with Crippen LogP contribution in [0, 0.1) is 0 Å². The molecule has 1 unspecified atom stereocenters. The van der Waals surface area contributed by atoms with E-state index in [1.165, 1.54) is 0 Å². The maximum absolute atomic E-state index is 13.3. The van der Waals surface area contributed by atoms with E-state index >= 15 is 0 Å². The summed E-state index contributed by atoms with van der Waals surface area (Å²) in [4.78, 5) is 26.7. The van der Waals surface area contributed by atoms with Crippen LogP contribution in [0.1, 0.15) is 48.2 Å². The van der Waals surface area contributed by atoms with Crippen molar-refractivity contribution in [3.8, 4) is 10.6 Å². The van der Waals surface area contributed by atoms with E-state index in [-0.39, 0.29) is 24.2 Å². The van der Waals surface area contributed by atoms with Crippen LogP contribution >= 0.6 is 22.9 Å². The van der Waals surface area contributed by atoms with Gasteiger partial charge in [-0.3, -0.25) is 9.59 Å². The predicted octanol–water partition coefficient (Wildman–Crippen LogP) is 7.17. The number of amides is 2. The molecule has 1 atom stereocenters. The van der Waals surface area contributed by atoms with Crippen LogP contribution in [0.3, 0.4) is 0 Å². The van der Waals surface area contributed by atoms with Gasteiger partial charge in [0.15, 0.2) is 0 Å². The van der Waals surface area contributed by atoms with Crippen molar-refractivity contribution < 1.29 is 35.9 Å².